The summed E-state index contributed by atoms with van der Waals surface area (Å²) in [7, 11) is 0. The van der Waals surface area contributed by atoms with E-state index >= 15 is 0 Å². The van der Waals surface area contributed by atoms with E-state index in [0.717, 1.165) is 27.9 Å². The van der Waals surface area contributed by atoms with Crippen molar-refractivity contribution in [2.75, 3.05) is 6.61 Å². The third kappa shape index (κ3) is 2.47. The topological polar surface area (TPSA) is 22.1 Å². The molecule has 20 heavy (non-hydrogen) atoms. The fraction of sp³-hybridized carbons (Fsp3) is 0.118. The van der Waals surface area contributed by atoms with Gasteiger partial charge in [-0.3, -0.25) is 0 Å². The molecule has 3 aromatic rings. The molecule has 0 fully saturated rings. The molecule has 0 unspecified atom stereocenters. The zero-order chi connectivity index (χ0) is 13.9. The van der Waals surface area contributed by atoms with Crippen molar-refractivity contribution in [1.29, 1.82) is 0 Å². The Kier molecular flexibility index (Phi) is 3.57. The van der Waals surface area contributed by atoms with Crippen LogP contribution in [0.15, 0.2) is 54.6 Å². The fourth-order valence-corrected chi connectivity index (χ4v) is 2.43. The summed E-state index contributed by atoms with van der Waals surface area (Å²) < 4.78 is 5.50. The molecule has 1 aromatic heterocycles. The lowest BCUT2D eigenvalue weighted by atomic mass is 10.1. The number of nitrogens with zero attached hydrogens (tertiary/aromatic N) is 1. The van der Waals surface area contributed by atoms with E-state index in [2.05, 4.69) is 4.98 Å². The molecule has 0 amide bonds. The second-order valence-electron chi connectivity index (χ2n) is 4.47. The molecule has 0 aliphatic carbocycles. The molecule has 1 heterocycles. The molecule has 0 saturated carbocycles. The number of pyridine rings is 1. The number of hydrogen-bond donors (Lipinski definition) is 0. The highest BCUT2D eigenvalue weighted by molar-refractivity contribution is 6.35. The Bertz CT molecular complexity index is 741. The summed E-state index contributed by atoms with van der Waals surface area (Å²) in [5.74, 6) is 0.816. The summed E-state index contributed by atoms with van der Waals surface area (Å²) in [4.78, 5) is 4.67. The molecule has 0 N–H and O–H groups in total. The molecule has 100 valence electrons. The van der Waals surface area contributed by atoms with Gasteiger partial charge >= 0.3 is 0 Å². The van der Waals surface area contributed by atoms with Crippen molar-refractivity contribution in [3.05, 3.63) is 59.6 Å². The van der Waals surface area contributed by atoms with Crippen LogP contribution in [-0.4, -0.2) is 11.6 Å². The van der Waals surface area contributed by atoms with Crippen LogP contribution in [0.25, 0.3) is 22.2 Å². The van der Waals surface area contributed by atoms with Gasteiger partial charge in [-0.25, -0.2) is 4.98 Å². The Morgan fingerprint density at radius 1 is 1.05 bits per heavy atom. The molecule has 0 aliphatic heterocycles. The maximum Gasteiger partial charge on any atom is 0.120 e. The van der Waals surface area contributed by atoms with Crippen molar-refractivity contribution >= 4 is 22.5 Å². The maximum atomic E-state index is 6.39. The highest BCUT2D eigenvalue weighted by Crippen LogP contribution is 2.30. The van der Waals surface area contributed by atoms with Gasteiger partial charge in [0.05, 0.1) is 22.8 Å². The van der Waals surface area contributed by atoms with Crippen LogP contribution < -0.4 is 4.74 Å². The van der Waals surface area contributed by atoms with Gasteiger partial charge in [-0.05, 0) is 31.2 Å². The minimum absolute atomic E-state index is 0.638. The van der Waals surface area contributed by atoms with E-state index < -0.39 is 0 Å². The van der Waals surface area contributed by atoms with E-state index in [1.165, 1.54) is 0 Å². The summed E-state index contributed by atoms with van der Waals surface area (Å²) in [5.41, 5.74) is 2.82. The molecule has 2 aromatic carbocycles. The van der Waals surface area contributed by atoms with Gasteiger partial charge < -0.3 is 4.74 Å². The lowest BCUT2D eigenvalue weighted by Crippen LogP contribution is -1.92. The zero-order valence-electron chi connectivity index (χ0n) is 11.1. The number of hydrogen-bond acceptors (Lipinski definition) is 2. The number of ether oxygens (including phenoxy) is 1. The molecule has 0 atom stereocenters. The molecule has 0 aliphatic rings. The van der Waals surface area contributed by atoms with E-state index in [1.54, 1.807) is 0 Å². The van der Waals surface area contributed by atoms with Gasteiger partial charge in [0.25, 0.3) is 0 Å². The van der Waals surface area contributed by atoms with Gasteiger partial charge in [0, 0.05) is 10.9 Å². The van der Waals surface area contributed by atoms with E-state index in [4.69, 9.17) is 16.3 Å². The first-order valence-corrected chi connectivity index (χ1v) is 6.94. The van der Waals surface area contributed by atoms with E-state index in [1.807, 2.05) is 61.5 Å². The molecule has 0 bridgehead atoms. The third-order valence-electron chi connectivity index (χ3n) is 3.11. The number of aromatic nitrogens is 1. The molecule has 0 saturated heterocycles. The largest absolute Gasteiger partial charge is 0.494 e. The summed E-state index contributed by atoms with van der Waals surface area (Å²) in [5, 5.41) is 1.60. The number of rotatable bonds is 3. The molecular weight excluding hydrogens is 270 g/mol. The molecule has 0 radical (unpaired) electrons. The van der Waals surface area contributed by atoms with Crippen LogP contribution in [0.4, 0.5) is 0 Å². The normalized spacial score (nSPS) is 10.7. The van der Waals surface area contributed by atoms with Crippen molar-refractivity contribution in [1.82, 2.24) is 4.98 Å². The predicted octanol–water partition coefficient (Wildman–Crippen LogP) is 4.95. The summed E-state index contributed by atoms with van der Waals surface area (Å²) in [6, 6.07) is 17.7. The van der Waals surface area contributed by atoms with Crippen LogP contribution >= 0.6 is 11.6 Å². The number of benzene rings is 2. The van der Waals surface area contributed by atoms with Crippen molar-refractivity contribution in [3.63, 3.8) is 0 Å². The maximum absolute atomic E-state index is 6.39. The molecule has 0 spiro atoms. The fourth-order valence-electron chi connectivity index (χ4n) is 2.18. The second-order valence-corrected chi connectivity index (χ2v) is 4.87. The molecular formula is C17H14ClNO. The highest BCUT2D eigenvalue weighted by atomic mass is 35.5. The third-order valence-corrected chi connectivity index (χ3v) is 3.42. The van der Waals surface area contributed by atoms with Crippen LogP contribution in [0.5, 0.6) is 5.75 Å². The average molecular weight is 284 g/mol. The predicted molar refractivity (Wildman–Crippen MR) is 83.4 cm³/mol. The summed E-state index contributed by atoms with van der Waals surface area (Å²) in [6.07, 6.45) is 0. The van der Waals surface area contributed by atoms with Crippen LogP contribution in [0.2, 0.25) is 5.02 Å². The number of fused-ring (bicyclic) bond motifs is 1. The van der Waals surface area contributed by atoms with Crippen molar-refractivity contribution in [2.24, 2.45) is 0 Å². The van der Waals surface area contributed by atoms with Gasteiger partial charge in [0.15, 0.2) is 0 Å². The van der Waals surface area contributed by atoms with Crippen LogP contribution in [-0.2, 0) is 0 Å². The van der Waals surface area contributed by atoms with E-state index in [0.29, 0.717) is 11.6 Å². The quantitative estimate of drug-likeness (QED) is 0.678. The van der Waals surface area contributed by atoms with Crippen molar-refractivity contribution in [3.8, 4) is 17.0 Å². The lowest BCUT2D eigenvalue weighted by molar-refractivity contribution is 0.340. The van der Waals surface area contributed by atoms with E-state index in [9.17, 15) is 0 Å². The molecule has 2 nitrogen and oxygen atoms in total. The monoisotopic (exact) mass is 283 g/mol. The van der Waals surface area contributed by atoms with Gasteiger partial charge in [0.2, 0.25) is 0 Å². The van der Waals surface area contributed by atoms with Gasteiger partial charge in [-0.1, -0.05) is 41.9 Å². The Balaban J connectivity index is 2.13. The number of halogens is 1. The Labute approximate surface area is 123 Å². The Hall–Kier alpha value is -2.06. The second kappa shape index (κ2) is 5.51. The molecule has 3 rings (SSSR count). The van der Waals surface area contributed by atoms with Gasteiger partial charge in [-0.15, -0.1) is 0 Å². The SMILES string of the molecule is CCOc1ccc2nc(-c3ccccc3)cc(Cl)c2c1. The first-order valence-electron chi connectivity index (χ1n) is 6.56. The first kappa shape index (κ1) is 12.9. The summed E-state index contributed by atoms with van der Waals surface area (Å²) in [6.45, 7) is 2.60. The van der Waals surface area contributed by atoms with Gasteiger partial charge in [-0.2, -0.15) is 0 Å². The highest BCUT2D eigenvalue weighted by Gasteiger charge is 2.07. The van der Waals surface area contributed by atoms with Crippen LogP contribution in [0.1, 0.15) is 6.92 Å². The summed E-state index contributed by atoms with van der Waals surface area (Å²) >= 11 is 6.39. The van der Waals surface area contributed by atoms with Gasteiger partial charge in [0.1, 0.15) is 5.75 Å². The first-order chi connectivity index (χ1) is 9.78. The lowest BCUT2D eigenvalue weighted by Gasteiger charge is -2.08. The van der Waals surface area contributed by atoms with E-state index in [-0.39, 0.29) is 0 Å². The Morgan fingerprint density at radius 3 is 2.60 bits per heavy atom. The average Bonchev–Trinajstić information content (AvgIpc) is 2.49. The van der Waals surface area contributed by atoms with Crippen molar-refractivity contribution in [2.45, 2.75) is 6.92 Å². The Morgan fingerprint density at radius 2 is 1.85 bits per heavy atom. The molecule has 3 heteroatoms. The smallest absolute Gasteiger partial charge is 0.120 e. The zero-order valence-corrected chi connectivity index (χ0v) is 11.9. The van der Waals surface area contributed by atoms with Crippen LogP contribution in [0.3, 0.4) is 0 Å². The van der Waals surface area contributed by atoms with Crippen molar-refractivity contribution < 1.29 is 4.74 Å². The van der Waals surface area contributed by atoms with Crippen LogP contribution in [0, 0.1) is 0 Å². The minimum atomic E-state index is 0.638. The standard InChI is InChI=1S/C17H14ClNO/c1-2-20-13-8-9-16-14(10-13)15(18)11-17(19-16)12-6-4-3-5-7-12/h3-11H,2H2,1H3. The minimum Gasteiger partial charge on any atom is -0.494 e.